The first kappa shape index (κ1) is 12.9. The van der Waals surface area contributed by atoms with Gasteiger partial charge in [0, 0.05) is 18.4 Å². The molecule has 1 saturated heterocycles. The van der Waals surface area contributed by atoms with Crippen molar-refractivity contribution in [2.45, 2.75) is 32.2 Å². The molecule has 1 aromatic rings. The lowest BCUT2D eigenvalue weighted by atomic mass is 9.96. The van der Waals surface area contributed by atoms with Gasteiger partial charge in [-0.3, -0.25) is 9.88 Å². The molecule has 0 N–H and O–H groups in total. The number of likely N-dealkylation sites (tertiary alicyclic amines) is 1. The van der Waals surface area contributed by atoms with Crippen molar-refractivity contribution in [2.24, 2.45) is 0 Å². The van der Waals surface area contributed by atoms with Crippen molar-refractivity contribution in [3.63, 3.8) is 0 Å². The Morgan fingerprint density at radius 1 is 1.56 bits per heavy atom. The number of hydrogen-bond acceptors (Lipinski definition) is 2. The lowest BCUT2D eigenvalue weighted by Crippen LogP contribution is -2.33. The van der Waals surface area contributed by atoms with E-state index in [9.17, 15) is 0 Å². The van der Waals surface area contributed by atoms with Crippen molar-refractivity contribution in [2.75, 3.05) is 13.1 Å². The molecule has 18 heavy (non-hydrogen) atoms. The highest BCUT2D eigenvalue weighted by Gasteiger charge is 2.22. The van der Waals surface area contributed by atoms with Gasteiger partial charge in [0.05, 0.1) is 6.54 Å². The van der Waals surface area contributed by atoms with Crippen LogP contribution in [-0.4, -0.2) is 23.0 Å². The summed E-state index contributed by atoms with van der Waals surface area (Å²) in [6.07, 6.45) is 7.59. The minimum atomic E-state index is 0.479. The molecule has 2 nitrogen and oxygen atoms in total. The molecular formula is C16H20N2. The zero-order valence-corrected chi connectivity index (χ0v) is 11.0. The summed E-state index contributed by atoms with van der Waals surface area (Å²) in [5.41, 5.74) is 2.25. The molecule has 2 rings (SSSR count). The van der Waals surface area contributed by atoms with Gasteiger partial charge < -0.3 is 0 Å². The first-order valence-corrected chi connectivity index (χ1v) is 6.56. The maximum Gasteiger partial charge on any atom is 0.0610 e. The van der Waals surface area contributed by atoms with E-state index < -0.39 is 0 Å². The van der Waals surface area contributed by atoms with Gasteiger partial charge in [0.25, 0.3) is 0 Å². The lowest BCUT2D eigenvalue weighted by molar-refractivity contribution is 0.169. The predicted molar refractivity (Wildman–Crippen MR) is 75.0 cm³/mol. The van der Waals surface area contributed by atoms with Crippen molar-refractivity contribution < 1.29 is 0 Å². The van der Waals surface area contributed by atoms with Crippen LogP contribution in [0.3, 0.4) is 0 Å². The number of piperidine rings is 1. The van der Waals surface area contributed by atoms with E-state index in [1.807, 2.05) is 25.4 Å². The Hall–Kier alpha value is -1.59. The fraction of sp³-hybridized carbons (Fsp3) is 0.438. The molecule has 2 heterocycles. The first-order valence-electron chi connectivity index (χ1n) is 6.56. The molecule has 1 fully saturated rings. The van der Waals surface area contributed by atoms with Crippen molar-refractivity contribution >= 4 is 0 Å². The molecule has 0 spiro atoms. The second-order valence-electron chi connectivity index (χ2n) is 4.85. The zero-order valence-electron chi connectivity index (χ0n) is 11.0. The largest absolute Gasteiger partial charge is 0.285 e. The molecule has 0 aromatic carbocycles. The van der Waals surface area contributed by atoms with Crippen LogP contribution in [0.2, 0.25) is 0 Å². The van der Waals surface area contributed by atoms with Crippen LogP contribution in [0.1, 0.15) is 37.8 Å². The monoisotopic (exact) mass is 240 g/mol. The Balaban J connectivity index is 2.07. The number of hydrogen-bond donors (Lipinski definition) is 0. The molecular weight excluding hydrogens is 220 g/mol. The van der Waals surface area contributed by atoms with Gasteiger partial charge in [0.2, 0.25) is 0 Å². The Bertz CT molecular complexity index is 453. The van der Waals surface area contributed by atoms with Gasteiger partial charge in [-0.2, -0.15) is 0 Å². The molecule has 0 radical (unpaired) electrons. The van der Waals surface area contributed by atoms with Crippen LogP contribution < -0.4 is 0 Å². The van der Waals surface area contributed by atoms with Gasteiger partial charge in [-0.1, -0.05) is 30.9 Å². The van der Waals surface area contributed by atoms with Crippen LogP contribution in [0.5, 0.6) is 0 Å². The number of pyridine rings is 1. The summed E-state index contributed by atoms with van der Waals surface area (Å²) in [4.78, 5) is 6.68. The SMILES string of the molecule is C=C(C)C#CCN1CCCC[C@@H]1c1cccnc1. The Morgan fingerprint density at radius 3 is 3.17 bits per heavy atom. The maximum absolute atomic E-state index is 4.23. The molecule has 2 heteroatoms. The summed E-state index contributed by atoms with van der Waals surface area (Å²) in [6, 6.07) is 4.66. The van der Waals surface area contributed by atoms with Crippen LogP contribution in [0, 0.1) is 11.8 Å². The second kappa shape index (κ2) is 6.37. The van der Waals surface area contributed by atoms with Crippen molar-refractivity contribution in [3.8, 4) is 11.8 Å². The lowest BCUT2D eigenvalue weighted by Gasteiger charge is -2.34. The molecule has 1 aliphatic rings. The van der Waals surface area contributed by atoms with E-state index in [2.05, 4.69) is 34.4 Å². The molecule has 0 bridgehead atoms. The van der Waals surface area contributed by atoms with E-state index in [0.29, 0.717) is 6.04 Å². The Kier molecular flexibility index (Phi) is 4.55. The fourth-order valence-corrected chi connectivity index (χ4v) is 2.42. The van der Waals surface area contributed by atoms with E-state index in [1.165, 1.54) is 24.8 Å². The quantitative estimate of drug-likeness (QED) is 0.738. The second-order valence-corrected chi connectivity index (χ2v) is 4.85. The van der Waals surface area contributed by atoms with E-state index >= 15 is 0 Å². The fourth-order valence-electron chi connectivity index (χ4n) is 2.42. The van der Waals surface area contributed by atoms with Crippen LogP contribution in [0.15, 0.2) is 36.7 Å². The summed E-state index contributed by atoms with van der Waals surface area (Å²) in [6.45, 7) is 7.71. The normalized spacial score (nSPS) is 19.9. The standard InChI is InChI=1S/C16H20N2/c1-14(2)7-6-12-18-11-4-3-9-16(18)15-8-5-10-17-13-15/h5,8,10,13,16H,1,3-4,9,11-12H2,2H3/t16-/m1/s1. The highest BCUT2D eigenvalue weighted by atomic mass is 15.2. The summed E-state index contributed by atoms with van der Waals surface area (Å²) in [5.74, 6) is 6.27. The van der Waals surface area contributed by atoms with Crippen LogP contribution >= 0.6 is 0 Å². The summed E-state index contributed by atoms with van der Waals surface area (Å²) in [5, 5.41) is 0. The minimum absolute atomic E-state index is 0.479. The number of aromatic nitrogens is 1. The van der Waals surface area contributed by atoms with Crippen molar-refractivity contribution in [1.82, 2.24) is 9.88 Å². The third kappa shape index (κ3) is 3.45. The zero-order chi connectivity index (χ0) is 12.8. The molecule has 1 aromatic heterocycles. The van der Waals surface area contributed by atoms with Gasteiger partial charge in [-0.25, -0.2) is 0 Å². The minimum Gasteiger partial charge on any atom is -0.285 e. The molecule has 0 unspecified atom stereocenters. The third-order valence-corrected chi connectivity index (χ3v) is 3.27. The van der Waals surface area contributed by atoms with E-state index in [-0.39, 0.29) is 0 Å². The summed E-state index contributed by atoms with van der Waals surface area (Å²) >= 11 is 0. The van der Waals surface area contributed by atoms with Gasteiger partial charge in [-0.15, -0.1) is 0 Å². The molecule has 1 aliphatic heterocycles. The average Bonchev–Trinajstić information content (AvgIpc) is 2.40. The van der Waals surface area contributed by atoms with E-state index in [0.717, 1.165) is 18.7 Å². The van der Waals surface area contributed by atoms with Crippen LogP contribution in [0.25, 0.3) is 0 Å². The van der Waals surface area contributed by atoms with Gasteiger partial charge >= 0.3 is 0 Å². The third-order valence-electron chi connectivity index (χ3n) is 3.27. The van der Waals surface area contributed by atoms with Gasteiger partial charge in [0.15, 0.2) is 0 Å². The van der Waals surface area contributed by atoms with Crippen LogP contribution in [0.4, 0.5) is 0 Å². The summed E-state index contributed by atoms with van der Waals surface area (Å²) in [7, 11) is 0. The Labute approximate surface area is 110 Å². The first-order chi connectivity index (χ1) is 8.77. The van der Waals surface area contributed by atoms with Gasteiger partial charge in [0.1, 0.15) is 0 Å². The van der Waals surface area contributed by atoms with Crippen LogP contribution in [-0.2, 0) is 0 Å². The average molecular weight is 240 g/mol. The molecule has 94 valence electrons. The molecule has 0 saturated carbocycles. The predicted octanol–water partition coefficient (Wildman–Crippen LogP) is 3.19. The maximum atomic E-state index is 4.23. The molecule has 0 aliphatic carbocycles. The van der Waals surface area contributed by atoms with Crippen molar-refractivity contribution in [1.29, 1.82) is 0 Å². The number of rotatable bonds is 2. The van der Waals surface area contributed by atoms with Crippen molar-refractivity contribution in [3.05, 3.63) is 42.2 Å². The smallest absolute Gasteiger partial charge is 0.0610 e. The van der Waals surface area contributed by atoms with E-state index in [4.69, 9.17) is 0 Å². The highest BCUT2D eigenvalue weighted by molar-refractivity contribution is 5.24. The molecule has 0 amide bonds. The van der Waals surface area contributed by atoms with E-state index in [1.54, 1.807) is 0 Å². The molecule has 1 atom stereocenters. The topological polar surface area (TPSA) is 16.1 Å². The number of allylic oxidation sites excluding steroid dienone is 1. The Morgan fingerprint density at radius 2 is 2.44 bits per heavy atom. The summed E-state index contributed by atoms with van der Waals surface area (Å²) < 4.78 is 0. The number of nitrogens with zero attached hydrogens (tertiary/aromatic N) is 2. The highest BCUT2D eigenvalue weighted by Crippen LogP contribution is 2.29. The van der Waals surface area contributed by atoms with Gasteiger partial charge in [-0.05, 0) is 43.5 Å².